The minimum absolute atomic E-state index is 0.177. The molecular weight excluding hydrogens is 236 g/mol. The van der Waals surface area contributed by atoms with E-state index in [2.05, 4.69) is 0 Å². The van der Waals surface area contributed by atoms with E-state index < -0.39 is 4.75 Å². The van der Waals surface area contributed by atoms with Crippen molar-refractivity contribution < 1.29 is 9.59 Å². The topological polar surface area (TPSA) is 63.4 Å². The maximum Gasteiger partial charge on any atom is 0.289 e. The van der Waals surface area contributed by atoms with Crippen LogP contribution in [0.1, 0.15) is 12.5 Å². The summed E-state index contributed by atoms with van der Waals surface area (Å²) < 4.78 is -0.812. The molecule has 1 atom stereocenters. The molecule has 1 aromatic carbocycles. The van der Waals surface area contributed by atoms with E-state index in [4.69, 9.17) is 5.73 Å². The summed E-state index contributed by atoms with van der Waals surface area (Å²) in [5.74, 6) is -0.177. The van der Waals surface area contributed by atoms with Gasteiger partial charge in [-0.2, -0.15) is 0 Å². The number of imide groups is 1. The van der Waals surface area contributed by atoms with Crippen molar-refractivity contribution in [3.63, 3.8) is 0 Å². The Bertz CT molecular complexity index is 449. The first-order chi connectivity index (χ1) is 8.09. The van der Waals surface area contributed by atoms with Crippen molar-refractivity contribution in [3.8, 4) is 0 Å². The van der Waals surface area contributed by atoms with Crippen LogP contribution in [0.25, 0.3) is 0 Å². The molecule has 90 valence electrons. The number of benzene rings is 1. The van der Waals surface area contributed by atoms with Crippen LogP contribution < -0.4 is 5.73 Å². The standard InChI is InChI=1S/C12H14N2O2S/c1-12(9-5-3-2-4-6-9)10(15)14(8-7-13)11(16)17-12/h2-6H,7-8,13H2,1H3. The van der Waals surface area contributed by atoms with Gasteiger partial charge in [-0.05, 0) is 24.2 Å². The van der Waals surface area contributed by atoms with Gasteiger partial charge in [0.2, 0.25) is 0 Å². The molecule has 1 aromatic rings. The summed E-state index contributed by atoms with van der Waals surface area (Å²) in [6, 6.07) is 9.35. The van der Waals surface area contributed by atoms with E-state index in [-0.39, 0.29) is 17.7 Å². The summed E-state index contributed by atoms with van der Waals surface area (Å²) in [6.07, 6.45) is 0. The van der Waals surface area contributed by atoms with Gasteiger partial charge in [0, 0.05) is 13.1 Å². The third-order valence-electron chi connectivity index (χ3n) is 2.84. The molecule has 2 N–H and O–H groups in total. The van der Waals surface area contributed by atoms with Crippen molar-refractivity contribution in [1.29, 1.82) is 0 Å². The average molecular weight is 250 g/mol. The summed E-state index contributed by atoms with van der Waals surface area (Å²) >= 11 is 1.06. The van der Waals surface area contributed by atoms with Gasteiger partial charge in [-0.15, -0.1) is 0 Å². The number of hydrogen-bond acceptors (Lipinski definition) is 4. The first-order valence-corrected chi connectivity index (χ1v) is 6.22. The normalized spacial score (nSPS) is 24.5. The molecule has 17 heavy (non-hydrogen) atoms. The average Bonchev–Trinajstić information content (AvgIpc) is 2.56. The van der Waals surface area contributed by atoms with Gasteiger partial charge in [-0.3, -0.25) is 14.5 Å². The van der Waals surface area contributed by atoms with Crippen molar-refractivity contribution >= 4 is 22.9 Å². The lowest BCUT2D eigenvalue weighted by atomic mass is 9.99. The number of nitrogens with zero attached hydrogens (tertiary/aromatic N) is 1. The van der Waals surface area contributed by atoms with Gasteiger partial charge in [-0.1, -0.05) is 30.3 Å². The third kappa shape index (κ3) is 1.96. The molecule has 2 amide bonds. The molecule has 0 bridgehead atoms. The second-order valence-electron chi connectivity index (χ2n) is 4.01. The predicted molar refractivity (Wildman–Crippen MR) is 67.5 cm³/mol. The molecule has 0 radical (unpaired) electrons. The van der Waals surface area contributed by atoms with E-state index in [0.717, 1.165) is 17.3 Å². The molecule has 0 saturated carbocycles. The Morgan fingerprint density at radius 3 is 2.53 bits per heavy atom. The number of carbonyl (C=O) groups excluding carboxylic acids is 2. The van der Waals surface area contributed by atoms with Gasteiger partial charge in [0.15, 0.2) is 0 Å². The quantitative estimate of drug-likeness (QED) is 0.884. The minimum Gasteiger partial charge on any atom is -0.329 e. The maximum absolute atomic E-state index is 12.3. The first kappa shape index (κ1) is 12.1. The number of amides is 2. The van der Waals surface area contributed by atoms with Crippen LogP contribution in [0.4, 0.5) is 4.79 Å². The van der Waals surface area contributed by atoms with Gasteiger partial charge < -0.3 is 5.73 Å². The monoisotopic (exact) mass is 250 g/mol. The second-order valence-corrected chi connectivity index (χ2v) is 5.38. The van der Waals surface area contributed by atoms with E-state index in [9.17, 15) is 9.59 Å². The van der Waals surface area contributed by atoms with Gasteiger partial charge >= 0.3 is 0 Å². The second kappa shape index (κ2) is 4.50. The summed E-state index contributed by atoms with van der Waals surface area (Å²) in [6.45, 7) is 2.36. The Morgan fingerprint density at radius 2 is 1.94 bits per heavy atom. The number of carbonyl (C=O) groups is 2. The molecule has 1 fully saturated rings. The van der Waals surface area contributed by atoms with Gasteiger partial charge in [0.05, 0.1) is 0 Å². The van der Waals surface area contributed by atoms with Crippen LogP contribution in [0.2, 0.25) is 0 Å². The highest BCUT2D eigenvalue weighted by molar-refractivity contribution is 8.15. The predicted octanol–water partition coefficient (Wildman–Crippen LogP) is 1.56. The highest BCUT2D eigenvalue weighted by Gasteiger charge is 2.49. The molecular formula is C12H14N2O2S. The fourth-order valence-corrected chi connectivity index (χ4v) is 2.96. The summed E-state index contributed by atoms with van der Waals surface area (Å²) in [4.78, 5) is 25.3. The van der Waals surface area contributed by atoms with Gasteiger partial charge in [-0.25, -0.2) is 0 Å². The largest absolute Gasteiger partial charge is 0.329 e. The van der Waals surface area contributed by atoms with Gasteiger partial charge in [0.25, 0.3) is 11.1 Å². The first-order valence-electron chi connectivity index (χ1n) is 5.40. The zero-order chi connectivity index (χ0) is 12.5. The molecule has 1 aliphatic rings. The molecule has 1 saturated heterocycles. The maximum atomic E-state index is 12.3. The minimum atomic E-state index is -0.812. The molecule has 2 rings (SSSR count). The zero-order valence-corrected chi connectivity index (χ0v) is 10.4. The summed E-state index contributed by atoms with van der Waals surface area (Å²) in [5, 5.41) is -0.216. The SMILES string of the molecule is CC1(c2ccccc2)SC(=O)N(CCN)C1=O. The van der Waals surface area contributed by atoms with Crippen LogP contribution in [0.15, 0.2) is 30.3 Å². The highest BCUT2D eigenvalue weighted by atomic mass is 32.2. The Morgan fingerprint density at radius 1 is 1.29 bits per heavy atom. The lowest BCUT2D eigenvalue weighted by Gasteiger charge is -2.20. The Hall–Kier alpha value is -1.33. The molecule has 0 aromatic heterocycles. The summed E-state index contributed by atoms with van der Waals surface area (Å²) in [5.41, 5.74) is 6.25. The van der Waals surface area contributed by atoms with E-state index in [1.807, 2.05) is 30.3 Å². The summed E-state index contributed by atoms with van der Waals surface area (Å²) in [7, 11) is 0. The molecule has 4 nitrogen and oxygen atoms in total. The zero-order valence-electron chi connectivity index (χ0n) is 9.55. The Balaban J connectivity index is 2.35. The number of hydrogen-bond donors (Lipinski definition) is 1. The van der Waals surface area contributed by atoms with Crippen molar-refractivity contribution in [1.82, 2.24) is 4.90 Å². The fraction of sp³-hybridized carbons (Fsp3) is 0.333. The third-order valence-corrected chi connectivity index (χ3v) is 4.06. The lowest BCUT2D eigenvalue weighted by molar-refractivity contribution is -0.129. The fourth-order valence-electron chi connectivity index (χ4n) is 1.87. The van der Waals surface area contributed by atoms with Crippen LogP contribution in [-0.4, -0.2) is 29.1 Å². The van der Waals surface area contributed by atoms with Crippen LogP contribution in [-0.2, 0) is 9.54 Å². The highest BCUT2D eigenvalue weighted by Crippen LogP contribution is 2.44. The molecule has 0 aliphatic carbocycles. The van der Waals surface area contributed by atoms with Crippen LogP contribution in [0, 0.1) is 0 Å². The van der Waals surface area contributed by atoms with E-state index in [1.165, 1.54) is 4.90 Å². The molecule has 1 heterocycles. The number of rotatable bonds is 3. The molecule has 1 unspecified atom stereocenters. The lowest BCUT2D eigenvalue weighted by Crippen LogP contribution is -2.38. The van der Waals surface area contributed by atoms with E-state index in [1.54, 1.807) is 6.92 Å². The number of thioether (sulfide) groups is 1. The molecule has 1 aliphatic heterocycles. The van der Waals surface area contributed by atoms with Crippen LogP contribution in [0.5, 0.6) is 0 Å². The van der Waals surface area contributed by atoms with E-state index in [0.29, 0.717) is 6.54 Å². The van der Waals surface area contributed by atoms with E-state index >= 15 is 0 Å². The van der Waals surface area contributed by atoms with Crippen LogP contribution in [0.3, 0.4) is 0 Å². The Kier molecular flexibility index (Phi) is 3.22. The van der Waals surface area contributed by atoms with Crippen LogP contribution >= 0.6 is 11.8 Å². The van der Waals surface area contributed by atoms with Crippen molar-refractivity contribution in [3.05, 3.63) is 35.9 Å². The van der Waals surface area contributed by atoms with Crippen molar-refractivity contribution in [2.24, 2.45) is 5.73 Å². The smallest absolute Gasteiger partial charge is 0.289 e. The Labute approximate surface area is 104 Å². The molecule has 5 heteroatoms. The molecule has 0 spiro atoms. The van der Waals surface area contributed by atoms with Crippen molar-refractivity contribution in [2.75, 3.05) is 13.1 Å². The van der Waals surface area contributed by atoms with Gasteiger partial charge in [0.1, 0.15) is 4.75 Å². The number of nitrogens with two attached hydrogens (primary N) is 1. The van der Waals surface area contributed by atoms with Crippen molar-refractivity contribution in [2.45, 2.75) is 11.7 Å².